The Kier molecular flexibility index (Phi) is 3.52. The summed E-state index contributed by atoms with van der Waals surface area (Å²) >= 11 is 0. The van der Waals surface area contributed by atoms with Crippen molar-refractivity contribution in [2.24, 2.45) is 28.6 Å². The zero-order valence-electron chi connectivity index (χ0n) is 13.6. The molecule has 3 saturated carbocycles. The second-order valence-electron chi connectivity index (χ2n) is 8.16. The number of hydrogen-bond donors (Lipinski definition) is 0. The summed E-state index contributed by atoms with van der Waals surface area (Å²) in [5, 5.41) is 0. The molecular formula is C18H30O2. The molecule has 5 atom stereocenters. The molecule has 3 rings (SSSR count). The summed E-state index contributed by atoms with van der Waals surface area (Å²) in [6.45, 7) is 10.3. The third-order valence-corrected chi connectivity index (χ3v) is 7.42. The third kappa shape index (κ3) is 1.90. The van der Waals surface area contributed by atoms with Crippen LogP contribution in [0, 0.1) is 28.6 Å². The summed E-state index contributed by atoms with van der Waals surface area (Å²) in [4.78, 5) is 11.8. The SMILES string of the molecule is CCOC1CC(=O)CCC1[C@H]1C[C@@H]2CC[C@@]1(C)C2(C)C. The fraction of sp³-hybridized carbons (Fsp3) is 0.944. The molecule has 0 aliphatic heterocycles. The highest BCUT2D eigenvalue weighted by atomic mass is 16.5. The Bertz CT molecular complexity index is 400. The smallest absolute Gasteiger partial charge is 0.135 e. The Morgan fingerprint density at radius 1 is 1.25 bits per heavy atom. The van der Waals surface area contributed by atoms with E-state index in [2.05, 4.69) is 27.7 Å². The second-order valence-corrected chi connectivity index (χ2v) is 8.16. The number of Topliss-reactive ketones (excluding diaryl/α,β-unsaturated/α-hetero) is 1. The maximum Gasteiger partial charge on any atom is 0.135 e. The molecule has 0 N–H and O–H groups in total. The molecule has 114 valence electrons. The van der Waals surface area contributed by atoms with Crippen LogP contribution in [0.1, 0.15) is 66.2 Å². The van der Waals surface area contributed by atoms with Crippen LogP contribution in [-0.4, -0.2) is 18.5 Å². The number of hydrogen-bond acceptors (Lipinski definition) is 2. The van der Waals surface area contributed by atoms with Crippen molar-refractivity contribution in [1.29, 1.82) is 0 Å². The van der Waals surface area contributed by atoms with Gasteiger partial charge in [0.15, 0.2) is 0 Å². The van der Waals surface area contributed by atoms with Crippen LogP contribution >= 0.6 is 0 Å². The van der Waals surface area contributed by atoms with Crippen molar-refractivity contribution in [3.63, 3.8) is 0 Å². The first kappa shape index (κ1) is 14.6. The fourth-order valence-corrected chi connectivity index (χ4v) is 5.76. The van der Waals surface area contributed by atoms with Gasteiger partial charge in [-0.1, -0.05) is 20.8 Å². The Morgan fingerprint density at radius 2 is 2.00 bits per heavy atom. The van der Waals surface area contributed by atoms with E-state index in [0.717, 1.165) is 31.3 Å². The van der Waals surface area contributed by atoms with Gasteiger partial charge < -0.3 is 4.74 Å². The zero-order chi connectivity index (χ0) is 14.5. The predicted octanol–water partition coefficient (Wildman–Crippen LogP) is 4.22. The molecule has 2 heteroatoms. The van der Waals surface area contributed by atoms with Gasteiger partial charge in [0.05, 0.1) is 6.10 Å². The summed E-state index contributed by atoms with van der Waals surface area (Å²) in [7, 11) is 0. The monoisotopic (exact) mass is 278 g/mol. The summed E-state index contributed by atoms with van der Waals surface area (Å²) in [5.74, 6) is 2.67. The standard InChI is InChI=1S/C18H30O2/c1-5-20-16-11-13(19)6-7-14(16)15-10-12-8-9-18(15,4)17(12,2)3/h12,14-16H,5-11H2,1-4H3/t12-,14?,15+,16?,18+/m0/s1. The molecule has 0 saturated heterocycles. The number of carbonyl (C=O) groups excluding carboxylic acids is 1. The van der Waals surface area contributed by atoms with Crippen molar-refractivity contribution < 1.29 is 9.53 Å². The van der Waals surface area contributed by atoms with Crippen LogP contribution in [0.25, 0.3) is 0 Å². The first-order chi connectivity index (χ1) is 9.40. The van der Waals surface area contributed by atoms with Crippen molar-refractivity contribution in [2.75, 3.05) is 6.61 Å². The molecule has 0 aromatic carbocycles. The molecule has 0 heterocycles. The summed E-state index contributed by atoms with van der Waals surface area (Å²) in [6, 6.07) is 0. The minimum atomic E-state index is 0.193. The Hall–Kier alpha value is -0.370. The van der Waals surface area contributed by atoms with Crippen LogP contribution in [0.4, 0.5) is 0 Å². The molecule has 0 aromatic heterocycles. The van der Waals surface area contributed by atoms with Crippen molar-refractivity contribution in [2.45, 2.75) is 72.3 Å². The van der Waals surface area contributed by atoms with Crippen LogP contribution in [0.3, 0.4) is 0 Å². The van der Waals surface area contributed by atoms with Gasteiger partial charge in [0.2, 0.25) is 0 Å². The van der Waals surface area contributed by atoms with E-state index in [1.165, 1.54) is 19.3 Å². The molecule has 2 bridgehead atoms. The maximum absolute atomic E-state index is 11.8. The number of fused-ring (bicyclic) bond motifs is 2. The van der Waals surface area contributed by atoms with Crippen LogP contribution in [0.5, 0.6) is 0 Å². The third-order valence-electron chi connectivity index (χ3n) is 7.42. The number of ether oxygens (including phenoxy) is 1. The predicted molar refractivity (Wildman–Crippen MR) is 80.5 cm³/mol. The van der Waals surface area contributed by atoms with E-state index in [-0.39, 0.29) is 6.10 Å². The molecule has 0 aromatic rings. The molecule has 3 aliphatic rings. The lowest BCUT2D eigenvalue weighted by molar-refractivity contribution is -0.130. The fourth-order valence-electron chi connectivity index (χ4n) is 5.76. The summed E-state index contributed by atoms with van der Waals surface area (Å²) < 4.78 is 5.98. The number of rotatable bonds is 3. The van der Waals surface area contributed by atoms with E-state index in [0.29, 0.717) is 29.0 Å². The molecule has 2 nitrogen and oxygen atoms in total. The van der Waals surface area contributed by atoms with Gasteiger partial charge >= 0.3 is 0 Å². The number of carbonyl (C=O) groups is 1. The molecule has 0 spiro atoms. The second kappa shape index (κ2) is 4.83. The van der Waals surface area contributed by atoms with Gasteiger partial charge in [-0.2, -0.15) is 0 Å². The van der Waals surface area contributed by atoms with E-state index in [9.17, 15) is 4.79 Å². The van der Waals surface area contributed by atoms with Crippen molar-refractivity contribution in [1.82, 2.24) is 0 Å². The zero-order valence-corrected chi connectivity index (χ0v) is 13.6. The maximum atomic E-state index is 11.8. The van der Waals surface area contributed by atoms with Crippen LogP contribution in [-0.2, 0) is 9.53 Å². The van der Waals surface area contributed by atoms with Gasteiger partial charge in [-0.05, 0) is 61.2 Å². The minimum Gasteiger partial charge on any atom is -0.378 e. The minimum absolute atomic E-state index is 0.193. The van der Waals surface area contributed by atoms with Crippen molar-refractivity contribution in [3.05, 3.63) is 0 Å². The van der Waals surface area contributed by atoms with Gasteiger partial charge in [0.25, 0.3) is 0 Å². The van der Waals surface area contributed by atoms with Gasteiger partial charge in [-0.15, -0.1) is 0 Å². The Morgan fingerprint density at radius 3 is 2.55 bits per heavy atom. The first-order valence-corrected chi connectivity index (χ1v) is 8.53. The average molecular weight is 278 g/mol. The molecule has 3 aliphatic carbocycles. The van der Waals surface area contributed by atoms with Crippen molar-refractivity contribution >= 4 is 5.78 Å². The van der Waals surface area contributed by atoms with E-state index in [1.54, 1.807) is 0 Å². The molecule has 0 radical (unpaired) electrons. The quantitative estimate of drug-likeness (QED) is 0.772. The Labute approximate surface area is 123 Å². The highest BCUT2D eigenvalue weighted by molar-refractivity contribution is 5.79. The molecular weight excluding hydrogens is 248 g/mol. The molecule has 0 amide bonds. The van der Waals surface area contributed by atoms with Crippen LogP contribution in [0.2, 0.25) is 0 Å². The summed E-state index contributed by atoms with van der Waals surface area (Å²) in [5.41, 5.74) is 0.925. The lowest BCUT2D eigenvalue weighted by atomic mass is 9.60. The molecule has 2 unspecified atom stereocenters. The van der Waals surface area contributed by atoms with Gasteiger partial charge in [-0.25, -0.2) is 0 Å². The lowest BCUT2D eigenvalue weighted by Gasteiger charge is -2.46. The lowest BCUT2D eigenvalue weighted by Crippen LogP contribution is -2.43. The number of ketones is 1. The van der Waals surface area contributed by atoms with Crippen LogP contribution in [0.15, 0.2) is 0 Å². The van der Waals surface area contributed by atoms with Gasteiger partial charge in [-0.3, -0.25) is 4.79 Å². The van der Waals surface area contributed by atoms with E-state index in [1.807, 2.05) is 0 Å². The van der Waals surface area contributed by atoms with E-state index < -0.39 is 0 Å². The highest BCUT2D eigenvalue weighted by Crippen LogP contribution is 2.70. The van der Waals surface area contributed by atoms with Gasteiger partial charge in [0.1, 0.15) is 5.78 Å². The largest absolute Gasteiger partial charge is 0.378 e. The van der Waals surface area contributed by atoms with Gasteiger partial charge in [0, 0.05) is 19.4 Å². The first-order valence-electron chi connectivity index (χ1n) is 8.53. The highest BCUT2D eigenvalue weighted by Gasteiger charge is 2.63. The Balaban J connectivity index is 1.84. The van der Waals surface area contributed by atoms with E-state index in [4.69, 9.17) is 4.74 Å². The summed E-state index contributed by atoms with van der Waals surface area (Å²) in [6.07, 6.45) is 6.85. The molecule has 20 heavy (non-hydrogen) atoms. The topological polar surface area (TPSA) is 26.3 Å². The molecule has 3 fully saturated rings. The van der Waals surface area contributed by atoms with E-state index >= 15 is 0 Å². The average Bonchev–Trinajstić information content (AvgIpc) is 2.72. The normalized spacial score (nSPS) is 46.9. The van der Waals surface area contributed by atoms with Crippen LogP contribution < -0.4 is 0 Å². The van der Waals surface area contributed by atoms with Crippen molar-refractivity contribution in [3.8, 4) is 0 Å².